The Morgan fingerprint density at radius 2 is 1.02 bits per heavy atom. The molecule has 3 heterocycles. The zero-order valence-electron chi connectivity index (χ0n) is 30.1. The van der Waals surface area contributed by atoms with E-state index < -0.39 is 0 Å². The van der Waals surface area contributed by atoms with E-state index in [-0.39, 0.29) is 5.41 Å². The van der Waals surface area contributed by atoms with Crippen LogP contribution in [0.2, 0.25) is 0 Å². The predicted molar refractivity (Wildman–Crippen MR) is 219 cm³/mol. The van der Waals surface area contributed by atoms with E-state index in [1.807, 2.05) is 109 Å². The Kier molecular flexibility index (Phi) is 6.79. The van der Waals surface area contributed by atoms with Gasteiger partial charge < -0.3 is 8.83 Å². The number of fused-ring (bicyclic) bond motifs is 7. The van der Waals surface area contributed by atoms with Crippen molar-refractivity contribution in [2.75, 3.05) is 0 Å². The molecule has 11 rings (SSSR count). The molecule has 1 aliphatic rings. The van der Waals surface area contributed by atoms with Crippen LogP contribution in [0.5, 0.6) is 0 Å². The largest absolute Gasteiger partial charge is 0.455 e. The first-order chi connectivity index (χ1) is 27.0. The first-order valence-electron chi connectivity index (χ1n) is 18.5. The number of para-hydroxylation sites is 1. The van der Waals surface area contributed by atoms with E-state index >= 15 is 0 Å². The molecule has 7 aromatic carbocycles. The smallest absolute Gasteiger partial charge is 0.227 e. The number of benzene rings is 7. The number of furan rings is 1. The molecule has 6 heteroatoms. The minimum Gasteiger partial charge on any atom is -0.455 e. The summed E-state index contributed by atoms with van der Waals surface area (Å²) < 4.78 is 13.1. The zero-order valence-corrected chi connectivity index (χ0v) is 30.1. The highest BCUT2D eigenvalue weighted by Gasteiger charge is 2.37. The fraction of sp³-hybridized carbons (Fsp3) is 0.0612. The number of aromatic nitrogens is 4. The molecule has 3 aromatic heterocycles. The Hall–Kier alpha value is -7.18. The number of rotatable bonds is 5. The molecule has 260 valence electrons. The summed E-state index contributed by atoms with van der Waals surface area (Å²) in [5, 5.41) is 1.98. The summed E-state index contributed by atoms with van der Waals surface area (Å²) in [5.41, 5.74) is 13.6. The fourth-order valence-electron chi connectivity index (χ4n) is 8.21. The van der Waals surface area contributed by atoms with Gasteiger partial charge in [0.15, 0.2) is 23.1 Å². The number of oxazole rings is 1. The summed E-state index contributed by atoms with van der Waals surface area (Å²) >= 11 is 0. The lowest BCUT2D eigenvalue weighted by molar-refractivity contribution is 0.614. The molecule has 0 N–H and O–H groups in total. The molecule has 0 spiro atoms. The van der Waals surface area contributed by atoms with Crippen LogP contribution in [0.3, 0.4) is 0 Å². The molecule has 0 radical (unpaired) electrons. The number of nitrogens with zero attached hydrogens (tertiary/aromatic N) is 4. The van der Waals surface area contributed by atoms with Crippen molar-refractivity contribution in [2.24, 2.45) is 0 Å². The van der Waals surface area contributed by atoms with E-state index in [0.29, 0.717) is 23.4 Å². The second-order valence-corrected chi connectivity index (χ2v) is 14.6. The second kappa shape index (κ2) is 11.9. The lowest BCUT2D eigenvalue weighted by Crippen LogP contribution is -2.14. The maximum atomic E-state index is 6.77. The van der Waals surface area contributed by atoms with Gasteiger partial charge >= 0.3 is 0 Å². The molecule has 0 bridgehead atoms. The molecule has 0 unspecified atom stereocenters. The third kappa shape index (κ3) is 4.95. The van der Waals surface area contributed by atoms with Crippen LogP contribution < -0.4 is 0 Å². The van der Waals surface area contributed by atoms with Crippen LogP contribution in [0.15, 0.2) is 167 Å². The molecule has 0 atom stereocenters. The van der Waals surface area contributed by atoms with Crippen LogP contribution in [0.25, 0.3) is 101 Å². The van der Waals surface area contributed by atoms with Crippen molar-refractivity contribution in [1.82, 2.24) is 19.9 Å². The zero-order chi connectivity index (χ0) is 36.7. The summed E-state index contributed by atoms with van der Waals surface area (Å²) in [6.07, 6.45) is 0. The lowest BCUT2D eigenvalue weighted by atomic mass is 9.82. The summed E-state index contributed by atoms with van der Waals surface area (Å²) in [6.45, 7) is 4.57. The molecule has 10 aromatic rings. The fourth-order valence-corrected chi connectivity index (χ4v) is 8.21. The van der Waals surface area contributed by atoms with Crippen LogP contribution in [0.4, 0.5) is 0 Å². The minimum atomic E-state index is -0.221. The first kappa shape index (κ1) is 31.4. The highest BCUT2D eigenvalue weighted by atomic mass is 16.3. The molecule has 0 fully saturated rings. The quantitative estimate of drug-likeness (QED) is 0.177. The van der Waals surface area contributed by atoms with Crippen molar-refractivity contribution in [3.05, 3.63) is 169 Å². The third-order valence-corrected chi connectivity index (χ3v) is 11.0. The van der Waals surface area contributed by atoms with Crippen LogP contribution in [0, 0.1) is 0 Å². The number of hydrogen-bond donors (Lipinski definition) is 0. The van der Waals surface area contributed by atoms with Crippen LogP contribution >= 0.6 is 0 Å². The van der Waals surface area contributed by atoms with Crippen molar-refractivity contribution in [3.63, 3.8) is 0 Å². The van der Waals surface area contributed by atoms with Crippen LogP contribution in [-0.2, 0) is 5.41 Å². The van der Waals surface area contributed by atoms with E-state index in [1.165, 1.54) is 22.3 Å². The molecule has 0 saturated heterocycles. The molecule has 0 aliphatic heterocycles. The molecule has 6 nitrogen and oxygen atoms in total. The number of hydrogen-bond acceptors (Lipinski definition) is 6. The average Bonchev–Trinajstić information content (AvgIpc) is 3.91. The van der Waals surface area contributed by atoms with Gasteiger partial charge in [-0.05, 0) is 76.3 Å². The SMILES string of the molecule is CC1(C)c2ccc(-c3ccc(-c4nc(-c5ccccc5)nc(-c5ccccc5)n4)c4c3oc3ccccc34)cc2-c2cc3nc(-c4ccccc4)oc3cc21. The Bertz CT molecular complexity index is 3050. The van der Waals surface area contributed by atoms with E-state index in [2.05, 4.69) is 62.4 Å². The Balaban J connectivity index is 1.10. The highest BCUT2D eigenvalue weighted by Crippen LogP contribution is 2.52. The molecule has 1 aliphatic carbocycles. The van der Waals surface area contributed by atoms with Gasteiger partial charge in [-0.2, -0.15) is 0 Å². The van der Waals surface area contributed by atoms with Crippen molar-refractivity contribution in [3.8, 4) is 67.9 Å². The Morgan fingerprint density at radius 3 is 1.73 bits per heavy atom. The normalized spacial score (nSPS) is 13.1. The van der Waals surface area contributed by atoms with Gasteiger partial charge in [0.05, 0.1) is 0 Å². The van der Waals surface area contributed by atoms with Crippen molar-refractivity contribution in [1.29, 1.82) is 0 Å². The van der Waals surface area contributed by atoms with E-state index in [4.69, 9.17) is 28.8 Å². The van der Waals surface area contributed by atoms with Crippen molar-refractivity contribution < 1.29 is 8.83 Å². The molecule has 0 saturated carbocycles. The van der Waals surface area contributed by atoms with Gasteiger partial charge in [0.2, 0.25) is 5.89 Å². The molecular weight excluding hydrogens is 677 g/mol. The lowest BCUT2D eigenvalue weighted by Gasteiger charge is -2.21. The second-order valence-electron chi connectivity index (χ2n) is 14.6. The predicted octanol–water partition coefficient (Wildman–Crippen LogP) is 12.6. The maximum absolute atomic E-state index is 6.77. The van der Waals surface area contributed by atoms with Crippen molar-refractivity contribution >= 4 is 33.0 Å². The highest BCUT2D eigenvalue weighted by molar-refractivity contribution is 6.16. The van der Waals surface area contributed by atoms with Crippen molar-refractivity contribution in [2.45, 2.75) is 19.3 Å². The van der Waals surface area contributed by atoms with Gasteiger partial charge in [-0.15, -0.1) is 0 Å². The summed E-state index contributed by atoms with van der Waals surface area (Å²) in [5.74, 6) is 2.45. The van der Waals surface area contributed by atoms with Gasteiger partial charge in [-0.3, -0.25) is 0 Å². The summed E-state index contributed by atoms with van der Waals surface area (Å²) in [7, 11) is 0. The van der Waals surface area contributed by atoms with Gasteiger partial charge in [-0.25, -0.2) is 19.9 Å². The Labute approximate surface area is 316 Å². The van der Waals surface area contributed by atoms with Gasteiger partial charge in [0.25, 0.3) is 0 Å². The molecule has 55 heavy (non-hydrogen) atoms. The van der Waals surface area contributed by atoms with E-state index in [0.717, 1.165) is 66.4 Å². The summed E-state index contributed by atoms with van der Waals surface area (Å²) in [4.78, 5) is 20.0. The topological polar surface area (TPSA) is 77.8 Å². The minimum absolute atomic E-state index is 0.221. The van der Waals surface area contributed by atoms with Crippen LogP contribution in [-0.4, -0.2) is 19.9 Å². The monoisotopic (exact) mass is 708 g/mol. The molecule has 0 amide bonds. The van der Waals surface area contributed by atoms with Gasteiger partial charge in [0.1, 0.15) is 16.7 Å². The molecular formula is C49H32N4O2. The average molecular weight is 709 g/mol. The van der Waals surface area contributed by atoms with Gasteiger partial charge in [0, 0.05) is 44.0 Å². The third-order valence-electron chi connectivity index (χ3n) is 11.0. The van der Waals surface area contributed by atoms with E-state index in [9.17, 15) is 0 Å². The van der Waals surface area contributed by atoms with Crippen LogP contribution in [0.1, 0.15) is 25.0 Å². The Morgan fingerprint density at radius 1 is 0.418 bits per heavy atom. The standard InChI is InChI=1S/C49H32N4O2/c1-49(2)38-25-22-32(26-36(38)37-27-40-42(28-39(37)49)55-48(50-40)31-18-10-5-11-19-31)33-23-24-35(43-34-20-12-13-21-41(34)54-44(33)43)47-52-45(29-14-6-3-7-15-29)51-46(53-47)30-16-8-4-9-17-30/h3-28H,1-2H3. The van der Waals surface area contributed by atoms with Gasteiger partial charge in [-0.1, -0.05) is 123 Å². The summed E-state index contributed by atoms with van der Waals surface area (Å²) in [6, 6.07) is 53.8. The first-order valence-corrected chi connectivity index (χ1v) is 18.5. The maximum Gasteiger partial charge on any atom is 0.227 e. The van der Waals surface area contributed by atoms with E-state index in [1.54, 1.807) is 0 Å².